The number of carbonyl (C=O) groups is 1. The summed E-state index contributed by atoms with van der Waals surface area (Å²) in [4.78, 5) is 12.8. The van der Waals surface area contributed by atoms with Crippen molar-refractivity contribution in [2.24, 2.45) is 0 Å². The van der Waals surface area contributed by atoms with Gasteiger partial charge in [0.1, 0.15) is 0 Å². The molecule has 0 saturated heterocycles. The zero-order valence-corrected chi connectivity index (χ0v) is 18.1. The van der Waals surface area contributed by atoms with Crippen molar-refractivity contribution in [2.75, 3.05) is 31.3 Å². The van der Waals surface area contributed by atoms with Gasteiger partial charge in [-0.3, -0.25) is 4.79 Å². The third-order valence-corrected chi connectivity index (χ3v) is 6.35. The Bertz CT molecular complexity index is 948. The van der Waals surface area contributed by atoms with E-state index in [0.717, 1.165) is 32.1 Å². The Kier molecular flexibility index (Phi) is 6.88. The van der Waals surface area contributed by atoms with E-state index in [-0.39, 0.29) is 5.78 Å². The molecule has 3 rings (SSSR count). The number of nitrogens with one attached hydrogen (secondary N) is 1. The van der Waals surface area contributed by atoms with Crippen molar-refractivity contribution in [1.29, 1.82) is 0 Å². The topological polar surface area (TPSA) is 69.0 Å². The molecular formula is C20H24N4O2S2. The van der Waals surface area contributed by atoms with Gasteiger partial charge in [-0.1, -0.05) is 40.8 Å². The minimum absolute atomic E-state index is 0.0977. The van der Waals surface area contributed by atoms with Gasteiger partial charge in [-0.2, -0.15) is 0 Å². The quantitative estimate of drug-likeness (QED) is 0.319. The van der Waals surface area contributed by atoms with Gasteiger partial charge in [0.05, 0.1) is 12.4 Å². The lowest BCUT2D eigenvalue weighted by molar-refractivity contribution is 0.102. The molecule has 0 bridgehead atoms. The lowest BCUT2D eigenvalue weighted by Gasteiger charge is -2.10. The maximum Gasteiger partial charge on any atom is 0.206 e. The fraction of sp³-hybridized carbons (Fsp3) is 0.350. The van der Waals surface area contributed by atoms with Crippen molar-refractivity contribution in [3.05, 3.63) is 52.8 Å². The maximum absolute atomic E-state index is 12.8. The van der Waals surface area contributed by atoms with E-state index >= 15 is 0 Å². The van der Waals surface area contributed by atoms with Crippen LogP contribution in [0.1, 0.15) is 27.3 Å². The number of benzene rings is 1. The number of anilines is 1. The van der Waals surface area contributed by atoms with E-state index in [4.69, 9.17) is 4.74 Å². The first-order valence-corrected chi connectivity index (χ1v) is 10.8. The molecule has 2 aromatic heterocycles. The van der Waals surface area contributed by atoms with Crippen LogP contribution in [0.3, 0.4) is 0 Å². The molecule has 0 spiro atoms. The first kappa shape index (κ1) is 20.6. The van der Waals surface area contributed by atoms with E-state index in [1.807, 2.05) is 19.9 Å². The van der Waals surface area contributed by atoms with Crippen molar-refractivity contribution in [2.45, 2.75) is 25.1 Å². The number of hydrogen-bond acceptors (Lipinski definition) is 7. The highest BCUT2D eigenvalue weighted by molar-refractivity contribution is 8.01. The fourth-order valence-corrected chi connectivity index (χ4v) is 4.60. The smallest absolute Gasteiger partial charge is 0.206 e. The molecule has 1 aromatic carbocycles. The fourth-order valence-electron chi connectivity index (χ4n) is 2.94. The average molecular weight is 417 g/mol. The lowest BCUT2D eigenvalue weighted by atomic mass is 10.2. The molecule has 0 aliphatic heterocycles. The van der Waals surface area contributed by atoms with Gasteiger partial charge in [0.15, 0.2) is 10.1 Å². The number of hydrogen-bond donors (Lipinski definition) is 1. The summed E-state index contributed by atoms with van der Waals surface area (Å²) in [5.41, 5.74) is 5.06. The van der Waals surface area contributed by atoms with Crippen molar-refractivity contribution >= 4 is 34.0 Å². The second kappa shape index (κ2) is 9.36. The zero-order valence-electron chi connectivity index (χ0n) is 16.5. The number of methoxy groups -OCH3 is 1. The molecule has 6 nitrogen and oxygen atoms in total. The van der Waals surface area contributed by atoms with E-state index in [1.54, 1.807) is 7.11 Å². The predicted octanol–water partition coefficient (Wildman–Crippen LogP) is 4.29. The summed E-state index contributed by atoms with van der Waals surface area (Å²) in [6.45, 7) is 7.38. The number of rotatable bonds is 9. The Morgan fingerprint density at radius 3 is 2.68 bits per heavy atom. The van der Waals surface area contributed by atoms with Gasteiger partial charge in [-0.15, -0.1) is 10.2 Å². The molecule has 3 aromatic rings. The molecule has 0 aliphatic rings. The van der Waals surface area contributed by atoms with Crippen LogP contribution in [0.2, 0.25) is 0 Å². The summed E-state index contributed by atoms with van der Waals surface area (Å²) in [7, 11) is 1.66. The standard InChI is InChI=1S/C20H24N4O2S2/c1-13-5-7-16(8-6-13)24-14(2)11-17(15(24)3)18(25)12-27-20-23-22-19(28-20)21-9-10-26-4/h5-8,11H,9-10,12H2,1-4H3,(H,21,22). The summed E-state index contributed by atoms with van der Waals surface area (Å²) in [6.07, 6.45) is 0. The van der Waals surface area contributed by atoms with Crippen LogP contribution in [0.15, 0.2) is 34.7 Å². The van der Waals surface area contributed by atoms with Gasteiger partial charge < -0.3 is 14.6 Å². The molecule has 0 unspecified atom stereocenters. The van der Waals surface area contributed by atoms with Gasteiger partial charge >= 0.3 is 0 Å². The summed E-state index contributed by atoms with van der Waals surface area (Å²) in [5, 5.41) is 12.1. The highest BCUT2D eigenvalue weighted by Gasteiger charge is 2.17. The molecule has 0 aliphatic carbocycles. The van der Waals surface area contributed by atoms with Crippen molar-refractivity contribution in [3.8, 4) is 5.69 Å². The van der Waals surface area contributed by atoms with Crippen molar-refractivity contribution in [1.82, 2.24) is 14.8 Å². The second-order valence-corrected chi connectivity index (χ2v) is 8.66. The predicted molar refractivity (Wildman–Crippen MR) is 115 cm³/mol. The molecular weight excluding hydrogens is 392 g/mol. The van der Waals surface area contributed by atoms with Crippen LogP contribution >= 0.6 is 23.1 Å². The number of aryl methyl sites for hydroxylation is 2. The van der Waals surface area contributed by atoms with Crippen LogP contribution in [0.4, 0.5) is 5.13 Å². The number of aromatic nitrogens is 3. The minimum Gasteiger partial charge on any atom is -0.383 e. The summed E-state index contributed by atoms with van der Waals surface area (Å²) in [6, 6.07) is 10.3. The van der Waals surface area contributed by atoms with Crippen molar-refractivity contribution in [3.63, 3.8) is 0 Å². The van der Waals surface area contributed by atoms with Crippen molar-refractivity contribution < 1.29 is 9.53 Å². The first-order valence-electron chi connectivity index (χ1n) is 8.98. The zero-order chi connectivity index (χ0) is 20.1. The first-order chi connectivity index (χ1) is 13.5. The highest BCUT2D eigenvalue weighted by Crippen LogP contribution is 2.28. The lowest BCUT2D eigenvalue weighted by Crippen LogP contribution is -2.06. The molecule has 0 fully saturated rings. The molecule has 8 heteroatoms. The Labute approximate surface area is 173 Å². The molecule has 148 valence electrons. The van der Waals surface area contributed by atoms with E-state index in [2.05, 4.69) is 51.3 Å². The molecule has 2 heterocycles. The summed E-state index contributed by atoms with van der Waals surface area (Å²) in [5.74, 6) is 0.436. The number of ketones is 1. The number of carbonyl (C=O) groups excluding carboxylic acids is 1. The normalized spacial score (nSPS) is 11.0. The summed E-state index contributed by atoms with van der Waals surface area (Å²) >= 11 is 2.87. The second-order valence-electron chi connectivity index (χ2n) is 6.46. The van der Waals surface area contributed by atoms with Crippen LogP contribution < -0.4 is 5.32 Å². The van der Waals surface area contributed by atoms with E-state index < -0.39 is 0 Å². The Hall–Kier alpha value is -2.16. The molecule has 0 atom stereocenters. The Morgan fingerprint density at radius 1 is 1.21 bits per heavy atom. The molecule has 28 heavy (non-hydrogen) atoms. The van der Waals surface area contributed by atoms with Gasteiger partial charge in [0.2, 0.25) is 5.13 Å². The van der Waals surface area contributed by atoms with Crippen LogP contribution in [-0.4, -0.2) is 46.6 Å². The summed E-state index contributed by atoms with van der Waals surface area (Å²) < 4.78 is 7.90. The SMILES string of the molecule is COCCNc1nnc(SCC(=O)c2cc(C)n(-c3ccc(C)cc3)c2C)s1. The third kappa shape index (κ3) is 4.81. The average Bonchev–Trinajstić information content (AvgIpc) is 3.25. The van der Waals surface area contributed by atoms with E-state index in [0.29, 0.717) is 18.9 Å². The van der Waals surface area contributed by atoms with Crippen LogP contribution in [0, 0.1) is 20.8 Å². The maximum atomic E-state index is 12.8. The third-order valence-electron chi connectivity index (χ3n) is 4.34. The monoisotopic (exact) mass is 416 g/mol. The number of Topliss-reactive ketones (excluding diaryl/α,β-unsaturated/α-hetero) is 1. The Morgan fingerprint density at radius 2 is 1.96 bits per heavy atom. The number of nitrogens with zero attached hydrogens (tertiary/aromatic N) is 3. The molecule has 0 saturated carbocycles. The van der Waals surface area contributed by atoms with E-state index in [9.17, 15) is 4.79 Å². The van der Waals surface area contributed by atoms with Gasteiger partial charge in [0.25, 0.3) is 0 Å². The number of ether oxygens (including phenoxy) is 1. The van der Waals surface area contributed by atoms with Gasteiger partial charge in [-0.05, 0) is 39.0 Å². The van der Waals surface area contributed by atoms with Gasteiger partial charge in [0, 0.05) is 36.3 Å². The van der Waals surface area contributed by atoms with Gasteiger partial charge in [-0.25, -0.2) is 0 Å². The number of thioether (sulfide) groups is 1. The van der Waals surface area contributed by atoms with Crippen LogP contribution in [0.25, 0.3) is 5.69 Å². The molecule has 0 radical (unpaired) electrons. The molecule has 1 N–H and O–H groups in total. The van der Waals surface area contributed by atoms with Crippen LogP contribution in [0.5, 0.6) is 0 Å². The largest absolute Gasteiger partial charge is 0.383 e. The van der Waals surface area contributed by atoms with Crippen LogP contribution in [-0.2, 0) is 4.74 Å². The van der Waals surface area contributed by atoms with E-state index in [1.165, 1.54) is 28.7 Å². The Balaban J connectivity index is 1.67. The molecule has 0 amide bonds. The minimum atomic E-state index is 0.0977. The highest BCUT2D eigenvalue weighted by atomic mass is 32.2.